The number of amides is 2. The molecule has 2 aromatic rings. The highest BCUT2D eigenvalue weighted by atomic mass is 32.2. The summed E-state index contributed by atoms with van der Waals surface area (Å²) < 4.78 is 11.3. The molecule has 2 rings (SSSR count). The third-order valence-corrected chi connectivity index (χ3v) is 5.23. The fourth-order valence-electron chi connectivity index (χ4n) is 2.05. The third-order valence-electron chi connectivity index (χ3n) is 3.31. The largest absolute Gasteiger partial charge is 0.334 e. The summed E-state index contributed by atoms with van der Waals surface area (Å²) in [4.78, 5) is 13.9. The first-order valence-electron chi connectivity index (χ1n) is 7.10. The smallest absolute Gasteiger partial charge is 0.315 e. The second-order valence-electron chi connectivity index (χ2n) is 4.90. The lowest BCUT2D eigenvalue weighted by Crippen LogP contribution is -2.37. The molecule has 0 aliphatic rings. The molecule has 4 nitrogen and oxygen atoms in total. The number of nitrogens with one attached hydrogen (secondary N) is 2. The molecular weight excluding hydrogens is 316 g/mol. The van der Waals surface area contributed by atoms with Crippen molar-refractivity contribution in [1.82, 2.24) is 10.6 Å². The van der Waals surface area contributed by atoms with Crippen LogP contribution in [0.1, 0.15) is 29.8 Å². The monoisotopic (exact) mass is 336 g/mol. The molecule has 0 aliphatic carbocycles. The van der Waals surface area contributed by atoms with Gasteiger partial charge in [-0.25, -0.2) is 4.79 Å². The number of thiophene rings is 1. The first kappa shape index (κ1) is 16.7. The van der Waals surface area contributed by atoms with E-state index >= 15 is 0 Å². The van der Waals surface area contributed by atoms with Gasteiger partial charge >= 0.3 is 6.03 Å². The molecule has 2 N–H and O–H groups in total. The Balaban J connectivity index is 1.85. The highest BCUT2D eigenvalue weighted by Crippen LogP contribution is 2.21. The van der Waals surface area contributed by atoms with Gasteiger partial charge in [0.15, 0.2) is 0 Å². The molecule has 0 aliphatic heterocycles. The number of carbonyl (C=O) groups excluding carboxylic acids is 1. The standard InChI is InChI=1S/C16H20N2O2S2/c1-3-14(15-5-4-10-21-15)18-16(19)17-11-12-6-8-13(9-7-12)22(2)20/h4-10,14H,3,11H2,1-2H3,(H2,17,18,19)/t14-,22+/m0/s1. The van der Waals surface area contributed by atoms with Gasteiger partial charge in [-0.3, -0.25) is 4.21 Å². The average Bonchev–Trinajstić information content (AvgIpc) is 3.05. The van der Waals surface area contributed by atoms with E-state index in [4.69, 9.17) is 0 Å². The van der Waals surface area contributed by atoms with Crippen molar-refractivity contribution in [3.05, 3.63) is 52.2 Å². The van der Waals surface area contributed by atoms with Crippen LogP contribution >= 0.6 is 11.3 Å². The topological polar surface area (TPSA) is 58.2 Å². The van der Waals surface area contributed by atoms with Gasteiger partial charge in [-0.2, -0.15) is 0 Å². The molecule has 118 valence electrons. The minimum atomic E-state index is -0.975. The van der Waals surface area contributed by atoms with Crippen LogP contribution in [-0.4, -0.2) is 16.5 Å². The lowest BCUT2D eigenvalue weighted by molar-refractivity contribution is 0.236. The van der Waals surface area contributed by atoms with E-state index in [0.717, 1.165) is 21.8 Å². The normalized spacial score (nSPS) is 13.4. The first-order valence-corrected chi connectivity index (χ1v) is 9.54. The van der Waals surface area contributed by atoms with Crippen LogP contribution in [0.3, 0.4) is 0 Å². The van der Waals surface area contributed by atoms with E-state index in [1.807, 2.05) is 48.7 Å². The quantitative estimate of drug-likeness (QED) is 0.849. The number of rotatable bonds is 6. The maximum absolute atomic E-state index is 12.0. The maximum atomic E-state index is 12.0. The van der Waals surface area contributed by atoms with Crippen LogP contribution in [-0.2, 0) is 17.3 Å². The summed E-state index contributed by atoms with van der Waals surface area (Å²) in [6.45, 7) is 2.50. The Morgan fingerprint density at radius 1 is 1.27 bits per heavy atom. The molecule has 0 unspecified atom stereocenters. The molecule has 0 saturated carbocycles. The van der Waals surface area contributed by atoms with Crippen molar-refractivity contribution in [2.75, 3.05) is 6.26 Å². The Bertz CT molecular complexity index is 624. The van der Waals surface area contributed by atoms with Crippen molar-refractivity contribution >= 4 is 28.2 Å². The Labute approximate surface area is 137 Å². The van der Waals surface area contributed by atoms with Gasteiger partial charge in [0, 0.05) is 33.4 Å². The second-order valence-corrected chi connectivity index (χ2v) is 7.26. The van der Waals surface area contributed by atoms with Crippen LogP contribution in [0.4, 0.5) is 4.79 Å². The van der Waals surface area contributed by atoms with E-state index in [-0.39, 0.29) is 12.1 Å². The molecule has 2 atom stereocenters. The van der Waals surface area contributed by atoms with Crippen LogP contribution in [0.25, 0.3) is 0 Å². The Morgan fingerprint density at radius 3 is 2.55 bits per heavy atom. The van der Waals surface area contributed by atoms with Crippen molar-refractivity contribution < 1.29 is 9.00 Å². The van der Waals surface area contributed by atoms with Gasteiger partial charge in [-0.1, -0.05) is 25.1 Å². The van der Waals surface area contributed by atoms with Crippen LogP contribution in [0.5, 0.6) is 0 Å². The zero-order valence-electron chi connectivity index (χ0n) is 12.7. The molecule has 1 aromatic carbocycles. The molecule has 0 bridgehead atoms. The van der Waals surface area contributed by atoms with Crippen LogP contribution in [0.15, 0.2) is 46.7 Å². The highest BCUT2D eigenvalue weighted by molar-refractivity contribution is 7.84. The maximum Gasteiger partial charge on any atom is 0.315 e. The zero-order valence-corrected chi connectivity index (χ0v) is 14.3. The zero-order chi connectivity index (χ0) is 15.9. The molecule has 1 heterocycles. The minimum absolute atomic E-state index is 0.0462. The van der Waals surface area contributed by atoms with Crippen molar-refractivity contribution in [3.8, 4) is 0 Å². The van der Waals surface area contributed by atoms with E-state index in [0.29, 0.717) is 6.54 Å². The molecular formula is C16H20N2O2S2. The second kappa shape index (κ2) is 8.10. The van der Waals surface area contributed by atoms with E-state index < -0.39 is 10.8 Å². The fourth-order valence-corrected chi connectivity index (χ4v) is 3.44. The van der Waals surface area contributed by atoms with Crippen LogP contribution in [0.2, 0.25) is 0 Å². The van der Waals surface area contributed by atoms with Gasteiger partial charge in [0.2, 0.25) is 0 Å². The summed E-state index contributed by atoms with van der Waals surface area (Å²) in [6, 6.07) is 11.3. The number of hydrogen-bond acceptors (Lipinski definition) is 3. The molecule has 22 heavy (non-hydrogen) atoms. The highest BCUT2D eigenvalue weighted by Gasteiger charge is 2.13. The third kappa shape index (κ3) is 4.68. The molecule has 0 fully saturated rings. The van der Waals surface area contributed by atoms with E-state index in [1.165, 1.54) is 0 Å². The average molecular weight is 336 g/mol. The van der Waals surface area contributed by atoms with Crippen molar-refractivity contribution in [2.24, 2.45) is 0 Å². The molecule has 6 heteroatoms. The predicted molar refractivity (Wildman–Crippen MR) is 91.5 cm³/mol. The van der Waals surface area contributed by atoms with Gasteiger partial charge in [-0.15, -0.1) is 11.3 Å². The summed E-state index contributed by atoms with van der Waals surface area (Å²) in [7, 11) is -0.975. The Morgan fingerprint density at radius 2 is 2.00 bits per heavy atom. The molecule has 0 radical (unpaired) electrons. The summed E-state index contributed by atoms with van der Waals surface area (Å²) in [5.41, 5.74) is 0.980. The first-order chi connectivity index (χ1) is 10.6. The summed E-state index contributed by atoms with van der Waals surface area (Å²) in [5, 5.41) is 7.84. The van der Waals surface area contributed by atoms with Gasteiger partial charge in [-0.05, 0) is 35.6 Å². The van der Waals surface area contributed by atoms with Crippen LogP contribution < -0.4 is 10.6 Å². The molecule has 0 saturated heterocycles. The lowest BCUT2D eigenvalue weighted by atomic mass is 10.2. The van der Waals surface area contributed by atoms with Gasteiger partial charge in [0.25, 0.3) is 0 Å². The predicted octanol–water partition coefficient (Wildman–Crippen LogP) is 3.44. The van der Waals surface area contributed by atoms with Crippen LogP contribution in [0, 0.1) is 0 Å². The lowest BCUT2D eigenvalue weighted by Gasteiger charge is -2.16. The Hall–Kier alpha value is -1.66. The number of hydrogen-bond donors (Lipinski definition) is 2. The van der Waals surface area contributed by atoms with Gasteiger partial charge in [0.1, 0.15) is 0 Å². The summed E-state index contributed by atoms with van der Waals surface area (Å²) in [5.74, 6) is 0. The van der Waals surface area contributed by atoms with Gasteiger partial charge < -0.3 is 10.6 Å². The number of carbonyl (C=O) groups is 1. The van der Waals surface area contributed by atoms with E-state index in [2.05, 4.69) is 10.6 Å². The Kier molecular flexibility index (Phi) is 6.15. The van der Waals surface area contributed by atoms with E-state index in [9.17, 15) is 9.00 Å². The number of urea groups is 1. The van der Waals surface area contributed by atoms with Crippen molar-refractivity contribution in [2.45, 2.75) is 30.8 Å². The van der Waals surface area contributed by atoms with Crippen molar-refractivity contribution in [1.29, 1.82) is 0 Å². The molecule has 0 spiro atoms. The fraction of sp³-hybridized carbons (Fsp3) is 0.312. The van der Waals surface area contributed by atoms with Gasteiger partial charge in [0.05, 0.1) is 6.04 Å². The number of benzene rings is 1. The minimum Gasteiger partial charge on any atom is -0.334 e. The van der Waals surface area contributed by atoms with Crippen molar-refractivity contribution in [3.63, 3.8) is 0 Å². The molecule has 1 aromatic heterocycles. The SMILES string of the molecule is CC[C@H](NC(=O)NCc1ccc([S@@](C)=O)cc1)c1cccs1. The molecule has 2 amide bonds. The van der Waals surface area contributed by atoms with E-state index in [1.54, 1.807) is 17.6 Å². The summed E-state index contributed by atoms with van der Waals surface area (Å²) >= 11 is 1.65. The summed E-state index contributed by atoms with van der Waals surface area (Å²) in [6.07, 6.45) is 2.50.